The Kier molecular flexibility index (Phi) is 11.0. The molecule has 1 saturated heterocycles. The number of alkyl halides is 3. The van der Waals surface area contributed by atoms with Gasteiger partial charge in [0.2, 0.25) is 11.7 Å². The number of anilines is 2. The molecule has 0 aliphatic carbocycles. The van der Waals surface area contributed by atoms with Gasteiger partial charge in [-0.15, -0.1) is 5.10 Å². The maximum atomic E-state index is 15.5. The molecule has 0 atom stereocenters. The van der Waals surface area contributed by atoms with Crippen LogP contribution in [0, 0.1) is 12.7 Å². The number of carbonyl (C=O) groups excluding carboxylic acids is 2. The molecular weight excluding hydrogens is 810 g/mol. The number of aryl methyl sites for hydroxylation is 1. The van der Waals surface area contributed by atoms with Crippen LogP contribution >= 0.6 is 11.6 Å². The first-order valence-electron chi connectivity index (χ1n) is 18.9. The Morgan fingerprint density at radius 1 is 0.983 bits per heavy atom. The normalized spacial score (nSPS) is 14.1. The summed E-state index contributed by atoms with van der Waals surface area (Å²) in [5.74, 6) is -1.63. The van der Waals surface area contributed by atoms with Crippen molar-refractivity contribution in [3.63, 3.8) is 0 Å². The monoisotopic (exact) mass is 845 g/mol. The molecule has 5 heterocycles. The molecule has 2 aliphatic rings. The summed E-state index contributed by atoms with van der Waals surface area (Å²) in [6, 6.07) is 14.9. The number of piperazine rings is 1. The molecule has 8 rings (SSSR count). The minimum Gasteiger partial charge on any atom is -0.485 e. The van der Waals surface area contributed by atoms with Gasteiger partial charge in [-0.25, -0.2) is 14.4 Å². The number of rotatable bonds is 10. The molecule has 0 radical (unpaired) electrons. The average molecular weight is 846 g/mol. The van der Waals surface area contributed by atoms with Gasteiger partial charge < -0.3 is 29.2 Å². The van der Waals surface area contributed by atoms with Crippen LogP contribution in [0.2, 0.25) is 5.02 Å². The second-order valence-electron chi connectivity index (χ2n) is 14.2. The lowest BCUT2D eigenvalue weighted by Crippen LogP contribution is -2.51. The molecule has 3 aromatic carbocycles. The van der Waals surface area contributed by atoms with Gasteiger partial charge in [-0.05, 0) is 60.4 Å². The van der Waals surface area contributed by atoms with Crippen LogP contribution in [0.4, 0.5) is 28.9 Å². The average Bonchev–Trinajstić information content (AvgIpc) is 3.89. The molecule has 310 valence electrons. The van der Waals surface area contributed by atoms with Crippen molar-refractivity contribution in [2.45, 2.75) is 52.8 Å². The van der Waals surface area contributed by atoms with Crippen molar-refractivity contribution in [1.82, 2.24) is 34.0 Å². The van der Waals surface area contributed by atoms with E-state index in [2.05, 4.69) is 25.4 Å². The first-order valence-corrected chi connectivity index (χ1v) is 19.3. The number of benzene rings is 3. The third-order valence-corrected chi connectivity index (χ3v) is 10.7. The second kappa shape index (κ2) is 16.3. The fourth-order valence-electron chi connectivity index (χ4n) is 7.34. The van der Waals surface area contributed by atoms with E-state index < -0.39 is 35.6 Å². The molecule has 1 fully saturated rings. The number of nitrogens with zero attached hydrogens (tertiary/aromatic N) is 8. The van der Waals surface area contributed by atoms with Crippen molar-refractivity contribution in [1.29, 1.82) is 0 Å². The number of nitrogens with one attached hydrogen (secondary N) is 1. The SMILES string of the molecule is CCc1c(N2CCN(C(=O)c3ncnc(C)c3OCc3ccccc3)CC2)c(=O)n2nc(-c3cc4c(cc3F)COC4)nc2n1CC(=O)Nc1ccc(C(F)(F)F)cc1Cl. The van der Waals surface area contributed by atoms with E-state index >= 15 is 4.39 Å². The minimum absolute atomic E-state index is 0.0219. The number of hydrogen-bond donors (Lipinski definition) is 1. The van der Waals surface area contributed by atoms with Crippen LogP contribution in [-0.4, -0.2) is 72.0 Å². The van der Waals surface area contributed by atoms with E-state index in [1.165, 1.54) is 17.0 Å². The van der Waals surface area contributed by atoms with E-state index in [-0.39, 0.29) is 103 Å². The van der Waals surface area contributed by atoms with Gasteiger partial charge in [0.25, 0.3) is 11.5 Å². The van der Waals surface area contributed by atoms with Crippen molar-refractivity contribution >= 4 is 40.6 Å². The lowest BCUT2D eigenvalue weighted by Gasteiger charge is -2.36. The van der Waals surface area contributed by atoms with Crippen LogP contribution in [0.1, 0.15) is 51.1 Å². The first-order chi connectivity index (χ1) is 28.8. The van der Waals surface area contributed by atoms with Crippen LogP contribution in [-0.2, 0) is 48.5 Å². The molecule has 14 nitrogen and oxygen atoms in total. The summed E-state index contributed by atoms with van der Waals surface area (Å²) in [5, 5.41) is 6.67. The molecule has 0 spiro atoms. The lowest BCUT2D eigenvalue weighted by atomic mass is 10.1. The highest BCUT2D eigenvalue weighted by molar-refractivity contribution is 6.33. The number of aromatic nitrogens is 6. The molecule has 2 aliphatic heterocycles. The molecule has 0 bridgehead atoms. The number of hydrogen-bond acceptors (Lipinski definition) is 10. The highest BCUT2D eigenvalue weighted by Crippen LogP contribution is 2.34. The molecular formula is C41H36ClF4N9O5. The van der Waals surface area contributed by atoms with Gasteiger partial charge in [-0.3, -0.25) is 14.4 Å². The quantitative estimate of drug-likeness (QED) is 0.157. The van der Waals surface area contributed by atoms with Crippen LogP contribution in [0.5, 0.6) is 5.75 Å². The molecule has 6 aromatic rings. The molecule has 0 unspecified atom stereocenters. The predicted octanol–water partition coefficient (Wildman–Crippen LogP) is 6.24. The summed E-state index contributed by atoms with van der Waals surface area (Å²) in [6.07, 6.45) is -3.14. The molecule has 60 heavy (non-hydrogen) atoms. The van der Waals surface area contributed by atoms with Gasteiger partial charge in [0, 0.05) is 26.2 Å². The predicted molar refractivity (Wildman–Crippen MR) is 211 cm³/mol. The Morgan fingerprint density at radius 3 is 2.42 bits per heavy atom. The summed E-state index contributed by atoms with van der Waals surface area (Å²) in [4.78, 5) is 58.6. The van der Waals surface area contributed by atoms with E-state index in [0.717, 1.165) is 27.8 Å². The van der Waals surface area contributed by atoms with Gasteiger partial charge in [0.1, 0.15) is 31.0 Å². The fourth-order valence-corrected chi connectivity index (χ4v) is 7.57. The third-order valence-electron chi connectivity index (χ3n) is 10.4. The van der Waals surface area contributed by atoms with Crippen LogP contribution in [0.15, 0.2) is 71.8 Å². The number of ether oxygens (including phenoxy) is 2. The molecule has 3 aromatic heterocycles. The highest BCUT2D eigenvalue weighted by atomic mass is 35.5. The zero-order valence-corrected chi connectivity index (χ0v) is 33.0. The zero-order chi connectivity index (χ0) is 42.3. The third kappa shape index (κ3) is 7.87. The maximum Gasteiger partial charge on any atom is 0.416 e. The Bertz CT molecular complexity index is 2700. The van der Waals surface area contributed by atoms with Crippen molar-refractivity contribution in [2.75, 3.05) is 36.4 Å². The van der Waals surface area contributed by atoms with Crippen molar-refractivity contribution in [3.8, 4) is 17.1 Å². The molecule has 0 saturated carbocycles. The maximum absolute atomic E-state index is 15.5. The van der Waals surface area contributed by atoms with Crippen LogP contribution in [0.3, 0.4) is 0 Å². The summed E-state index contributed by atoms with van der Waals surface area (Å²) >= 11 is 6.16. The van der Waals surface area contributed by atoms with E-state index in [0.29, 0.717) is 23.0 Å². The fraction of sp³-hybridized carbons (Fsp3) is 0.293. The topological polar surface area (TPSA) is 149 Å². The Morgan fingerprint density at radius 2 is 1.72 bits per heavy atom. The van der Waals surface area contributed by atoms with E-state index in [1.54, 1.807) is 29.7 Å². The van der Waals surface area contributed by atoms with Crippen molar-refractivity contribution in [2.24, 2.45) is 0 Å². The second-order valence-corrected chi connectivity index (χ2v) is 14.6. The van der Waals surface area contributed by atoms with E-state index in [1.807, 2.05) is 30.3 Å². The zero-order valence-electron chi connectivity index (χ0n) is 32.2. The van der Waals surface area contributed by atoms with Crippen molar-refractivity contribution < 1.29 is 36.6 Å². The van der Waals surface area contributed by atoms with Crippen LogP contribution in [0.25, 0.3) is 17.2 Å². The van der Waals surface area contributed by atoms with E-state index in [4.69, 9.17) is 21.1 Å². The van der Waals surface area contributed by atoms with Gasteiger partial charge in [-0.1, -0.05) is 48.9 Å². The largest absolute Gasteiger partial charge is 0.485 e. The number of amides is 2. The lowest BCUT2D eigenvalue weighted by molar-refractivity contribution is -0.137. The Labute approximate surface area is 344 Å². The number of halogens is 5. The molecule has 1 N–H and O–H groups in total. The number of fused-ring (bicyclic) bond motifs is 2. The molecule has 19 heteroatoms. The smallest absolute Gasteiger partial charge is 0.416 e. The van der Waals surface area contributed by atoms with Crippen molar-refractivity contribution in [3.05, 3.63) is 128 Å². The molecule has 2 amide bonds. The summed E-state index contributed by atoms with van der Waals surface area (Å²) in [5.41, 5.74) is 1.85. The summed E-state index contributed by atoms with van der Waals surface area (Å²) in [7, 11) is 0. The van der Waals surface area contributed by atoms with Crippen LogP contribution < -0.4 is 20.5 Å². The van der Waals surface area contributed by atoms with Gasteiger partial charge in [0.05, 0.1) is 46.4 Å². The minimum atomic E-state index is -4.65. The standard InChI is InChI=1S/C41H36ClF4N9O5/c1-3-32-35(52-11-13-53(14-12-52)38(57)34-36(23(2)47-22-48-34)60-19-24-7-5-4-6-8-24)39(58)55-40(50-37(51-55)28-15-25-20-59-21-26(25)16-30(28)43)54(32)18-33(56)49-31-10-9-27(17-29(31)42)41(44,45)46/h4-10,15-17,22H,3,11-14,18-21H2,1-2H3,(H,49,56). The van der Waals surface area contributed by atoms with Gasteiger partial charge >= 0.3 is 6.18 Å². The summed E-state index contributed by atoms with van der Waals surface area (Å²) < 4.78 is 69.5. The van der Waals surface area contributed by atoms with E-state index in [9.17, 15) is 27.6 Å². The Balaban J connectivity index is 1.12. The van der Waals surface area contributed by atoms with Gasteiger partial charge in [-0.2, -0.15) is 22.7 Å². The van der Waals surface area contributed by atoms with Gasteiger partial charge in [0.15, 0.2) is 17.3 Å². The Hall–Kier alpha value is -6.40. The number of carbonyl (C=O) groups is 2. The first kappa shape index (κ1) is 40.4. The highest BCUT2D eigenvalue weighted by Gasteiger charge is 2.33. The summed E-state index contributed by atoms with van der Waals surface area (Å²) in [6.45, 7) is 4.48.